The molecule has 1 atom stereocenters. The summed E-state index contributed by atoms with van der Waals surface area (Å²) in [5, 5.41) is 0. The van der Waals surface area contributed by atoms with Crippen molar-refractivity contribution in [3.63, 3.8) is 0 Å². The van der Waals surface area contributed by atoms with Gasteiger partial charge in [0.1, 0.15) is 11.0 Å². The Labute approximate surface area is 122 Å². The van der Waals surface area contributed by atoms with Gasteiger partial charge in [-0.05, 0) is 12.5 Å². The van der Waals surface area contributed by atoms with Crippen LogP contribution in [0.1, 0.15) is 12.6 Å². The summed E-state index contributed by atoms with van der Waals surface area (Å²) in [6.07, 6.45) is 9.88. The molecule has 1 aliphatic rings. The molecule has 0 saturated carbocycles. The van der Waals surface area contributed by atoms with E-state index in [0.29, 0.717) is 22.5 Å². The van der Waals surface area contributed by atoms with Crippen molar-refractivity contribution >= 4 is 26.4 Å². The molecule has 0 bridgehead atoms. The molecule has 0 aromatic carbocycles. The Morgan fingerprint density at radius 2 is 2.14 bits per heavy atom. The zero-order valence-electron chi connectivity index (χ0n) is 11.5. The van der Waals surface area contributed by atoms with E-state index in [2.05, 4.69) is 9.97 Å². The number of nitrogens with zero attached hydrogens (tertiary/aromatic N) is 3. The van der Waals surface area contributed by atoms with Crippen molar-refractivity contribution in [1.82, 2.24) is 14.4 Å². The maximum atomic E-state index is 11.5. The fourth-order valence-electron chi connectivity index (χ4n) is 2.39. The molecule has 3 rings (SSSR count). The molecular formula is C14H13N3O3S. The highest BCUT2D eigenvalue weighted by atomic mass is 32.2. The molecule has 2 aromatic heterocycles. The lowest BCUT2D eigenvalue weighted by molar-refractivity contribution is 0.199. The Bertz CT molecular complexity index is 865. The Hall–Kier alpha value is -2.25. The first kappa shape index (κ1) is 13.7. The van der Waals surface area contributed by atoms with Crippen molar-refractivity contribution in [3.05, 3.63) is 48.2 Å². The lowest BCUT2D eigenvalue weighted by atomic mass is 9.94. The largest absolute Gasteiger partial charge is 0.371 e. The van der Waals surface area contributed by atoms with Gasteiger partial charge >= 0.3 is 0 Å². The summed E-state index contributed by atoms with van der Waals surface area (Å²) in [5.41, 5.74) is 2.75. The van der Waals surface area contributed by atoms with Crippen LogP contribution in [0.5, 0.6) is 0 Å². The predicted molar refractivity (Wildman–Crippen MR) is 79.4 cm³/mol. The molecule has 0 radical (unpaired) electrons. The Morgan fingerprint density at radius 1 is 1.33 bits per heavy atom. The number of hydrogen-bond acceptors (Lipinski definition) is 5. The van der Waals surface area contributed by atoms with E-state index in [0.717, 1.165) is 0 Å². The van der Waals surface area contributed by atoms with E-state index >= 15 is 0 Å². The lowest BCUT2D eigenvalue weighted by Gasteiger charge is -2.21. The fourth-order valence-corrected chi connectivity index (χ4v) is 3.12. The van der Waals surface area contributed by atoms with Crippen molar-refractivity contribution in [2.45, 2.75) is 13.0 Å². The summed E-state index contributed by atoms with van der Waals surface area (Å²) in [7, 11) is -0.851. The van der Waals surface area contributed by atoms with Gasteiger partial charge in [0, 0.05) is 31.3 Å². The number of imidazole rings is 1. The third-order valence-electron chi connectivity index (χ3n) is 3.40. The molecule has 0 aliphatic heterocycles. The molecule has 6 nitrogen and oxygen atoms in total. The zero-order chi connectivity index (χ0) is 15.0. The maximum Gasteiger partial charge on any atom is 0.220 e. The molecule has 0 amide bonds. The summed E-state index contributed by atoms with van der Waals surface area (Å²) in [6.45, 7) is 1.75. The summed E-state index contributed by atoms with van der Waals surface area (Å²) < 4.78 is 30.1. The van der Waals surface area contributed by atoms with Crippen LogP contribution in [0.4, 0.5) is 0 Å². The summed E-state index contributed by atoms with van der Waals surface area (Å²) in [5.74, 6) is 0. The Morgan fingerprint density at radius 3 is 2.81 bits per heavy atom. The number of hydrogen-bond donors (Lipinski definition) is 0. The van der Waals surface area contributed by atoms with Crippen molar-refractivity contribution in [2.75, 3.05) is 7.11 Å². The molecule has 21 heavy (non-hydrogen) atoms. The number of methoxy groups -OCH3 is 1. The second-order valence-corrected chi connectivity index (χ2v) is 5.56. The molecule has 108 valence electrons. The van der Waals surface area contributed by atoms with Crippen LogP contribution in [-0.2, 0) is 15.0 Å². The molecule has 0 fully saturated rings. The van der Waals surface area contributed by atoms with Crippen LogP contribution in [0.3, 0.4) is 0 Å². The molecule has 7 heteroatoms. The minimum Gasteiger partial charge on any atom is -0.371 e. The zero-order valence-corrected chi connectivity index (χ0v) is 12.3. The Kier molecular flexibility index (Phi) is 3.44. The minimum atomic E-state index is -2.34. The van der Waals surface area contributed by atoms with E-state index in [9.17, 15) is 8.42 Å². The number of rotatable bonds is 2. The van der Waals surface area contributed by atoms with Gasteiger partial charge in [-0.3, -0.25) is 4.98 Å². The van der Waals surface area contributed by atoms with Crippen molar-refractivity contribution in [2.24, 2.45) is 0 Å². The highest BCUT2D eigenvalue weighted by Crippen LogP contribution is 2.27. The standard InChI is InChI=1S/C14H13N3O3S/c1-9-3-4-10(13(20-2)14(9)21(18)19)11-8-17-6-5-15-7-12(17)16-11/h3-8,13H,1-2H3. The normalized spacial score (nSPS) is 18.6. The van der Waals surface area contributed by atoms with Gasteiger partial charge in [-0.15, -0.1) is 0 Å². The molecule has 1 aliphatic carbocycles. The predicted octanol–water partition coefficient (Wildman–Crippen LogP) is 1.14. The van der Waals surface area contributed by atoms with E-state index in [1.807, 2.05) is 16.7 Å². The number of aromatic nitrogens is 3. The third-order valence-corrected chi connectivity index (χ3v) is 4.29. The molecule has 0 saturated heterocycles. The van der Waals surface area contributed by atoms with Gasteiger partial charge in [0.2, 0.25) is 10.3 Å². The number of allylic oxidation sites excluding steroid dienone is 2. The molecule has 0 spiro atoms. The molecule has 1 unspecified atom stereocenters. The van der Waals surface area contributed by atoms with E-state index in [1.54, 1.807) is 31.6 Å². The van der Waals surface area contributed by atoms with Gasteiger partial charge in [0.15, 0.2) is 5.65 Å². The van der Waals surface area contributed by atoms with Crippen LogP contribution in [0, 0.1) is 0 Å². The van der Waals surface area contributed by atoms with Crippen LogP contribution in [-0.4, -0.2) is 40.9 Å². The van der Waals surface area contributed by atoms with Crippen LogP contribution in [0.25, 0.3) is 11.2 Å². The van der Waals surface area contributed by atoms with Gasteiger partial charge in [0.05, 0.1) is 11.9 Å². The van der Waals surface area contributed by atoms with Gasteiger partial charge in [-0.25, -0.2) is 4.98 Å². The van der Waals surface area contributed by atoms with E-state index in [1.165, 1.54) is 7.11 Å². The second kappa shape index (κ2) is 5.27. The molecular weight excluding hydrogens is 290 g/mol. The van der Waals surface area contributed by atoms with Crippen molar-refractivity contribution < 1.29 is 13.2 Å². The van der Waals surface area contributed by atoms with Gasteiger partial charge in [-0.1, -0.05) is 12.2 Å². The Balaban J connectivity index is 2.18. The maximum absolute atomic E-state index is 11.5. The highest BCUT2D eigenvalue weighted by Gasteiger charge is 2.28. The topological polar surface area (TPSA) is 73.6 Å². The van der Waals surface area contributed by atoms with Crippen molar-refractivity contribution in [1.29, 1.82) is 0 Å². The smallest absolute Gasteiger partial charge is 0.220 e. The van der Waals surface area contributed by atoms with Crippen molar-refractivity contribution in [3.8, 4) is 0 Å². The average molecular weight is 303 g/mol. The van der Waals surface area contributed by atoms with Crippen LogP contribution in [0.15, 0.2) is 42.5 Å². The number of ether oxygens (including phenoxy) is 1. The molecule has 2 heterocycles. The van der Waals surface area contributed by atoms with Crippen LogP contribution in [0.2, 0.25) is 0 Å². The monoisotopic (exact) mass is 303 g/mol. The number of fused-ring (bicyclic) bond motifs is 1. The van der Waals surface area contributed by atoms with Crippen LogP contribution < -0.4 is 0 Å². The molecule has 0 N–H and O–H groups in total. The average Bonchev–Trinajstić information content (AvgIpc) is 2.89. The van der Waals surface area contributed by atoms with E-state index < -0.39 is 16.4 Å². The highest BCUT2D eigenvalue weighted by molar-refractivity contribution is 7.73. The van der Waals surface area contributed by atoms with Gasteiger partial charge in [-0.2, -0.15) is 8.42 Å². The van der Waals surface area contributed by atoms with E-state index in [-0.39, 0.29) is 4.86 Å². The summed E-state index contributed by atoms with van der Waals surface area (Å²) in [6, 6.07) is 0. The van der Waals surface area contributed by atoms with Crippen LogP contribution >= 0.6 is 0 Å². The summed E-state index contributed by atoms with van der Waals surface area (Å²) >= 11 is 0. The summed E-state index contributed by atoms with van der Waals surface area (Å²) in [4.78, 5) is 8.72. The first-order chi connectivity index (χ1) is 10.1. The van der Waals surface area contributed by atoms with Gasteiger partial charge < -0.3 is 9.14 Å². The first-order valence-corrected chi connectivity index (χ1v) is 7.36. The minimum absolute atomic E-state index is 0.241. The molecule has 2 aromatic rings. The quantitative estimate of drug-likeness (QED) is 0.778. The lowest BCUT2D eigenvalue weighted by Crippen LogP contribution is -2.28. The third kappa shape index (κ3) is 2.30. The first-order valence-electron chi connectivity index (χ1n) is 6.28. The SMILES string of the molecule is COC1C(c2cn3ccncc3n2)=CC=C(C)C1=S(=O)=O. The van der Waals surface area contributed by atoms with Gasteiger partial charge in [0.25, 0.3) is 0 Å². The fraction of sp³-hybridized carbons (Fsp3) is 0.214. The second-order valence-electron chi connectivity index (χ2n) is 4.65. The van der Waals surface area contributed by atoms with E-state index in [4.69, 9.17) is 4.74 Å².